The fraction of sp³-hybridized carbons (Fsp3) is 0.323. The van der Waals surface area contributed by atoms with Gasteiger partial charge in [-0.25, -0.2) is 9.37 Å². The summed E-state index contributed by atoms with van der Waals surface area (Å²) in [5, 5.41) is 10.1. The van der Waals surface area contributed by atoms with Gasteiger partial charge in [-0.15, -0.1) is 0 Å². The van der Waals surface area contributed by atoms with Crippen molar-refractivity contribution in [2.45, 2.75) is 26.8 Å². The summed E-state index contributed by atoms with van der Waals surface area (Å²) < 4.78 is 17.1. The van der Waals surface area contributed by atoms with Gasteiger partial charge in [0.2, 0.25) is 5.91 Å². The minimum Gasteiger partial charge on any atom is -0.395 e. The zero-order valence-electron chi connectivity index (χ0n) is 24.5. The summed E-state index contributed by atoms with van der Waals surface area (Å²) in [7, 11) is 0. The van der Waals surface area contributed by atoms with E-state index in [9.17, 15) is 14.9 Å². The quantitative estimate of drug-likeness (QED) is 0.135. The summed E-state index contributed by atoms with van der Waals surface area (Å²) >= 11 is 25.7. The molecule has 45 heavy (non-hydrogen) atoms. The number of benzene rings is 1. The lowest BCUT2D eigenvalue weighted by atomic mass is 9.88. The van der Waals surface area contributed by atoms with Crippen LogP contribution in [-0.2, 0) is 4.79 Å². The maximum absolute atomic E-state index is 15.7. The standard InChI is InChI=1S/C31H28Cl4FN7O2/c1-5-19(44)41-8-10-42(11-9-41)29-16-12-18(32)27(20-21(33)22(34)23(35)25(38)24(20)36)40-30(16)43(31(45)17(29)13-37)28-15(4)6-7-39-26(28)14(2)3/h5-7,12,14-15,28H,1,8-11,38H2,2-4H3/t15-,28?/m1/s1. The van der Waals surface area contributed by atoms with E-state index in [4.69, 9.17) is 57.1 Å². The van der Waals surface area contributed by atoms with E-state index in [1.54, 1.807) is 11.1 Å². The van der Waals surface area contributed by atoms with E-state index in [0.717, 1.165) is 0 Å². The molecule has 2 aliphatic rings. The number of rotatable bonds is 5. The topological polar surface area (TPSA) is 121 Å². The van der Waals surface area contributed by atoms with Crippen molar-refractivity contribution in [3.8, 4) is 17.3 Å². The highest BCUT2D eigenvalue weighted by molar-refractivity contribution is 6.50. The summed E-state index contributed by atoms with van der Waals surface area (Å²) in [4.78, 5) is 39.6. The van der Waals surface area contributed by atoms with E-state index in [2.05, 4.69) is 17.6 Å². The first-order valence-electron chi connectivity index (χ1n) is 14.0. The van der Waals surface area contributed by atoms with Crippen molar-refractivity contribution in [3.05, 3.63) is 72.8 Å². The van der Waals surface area contributed by atoms with E-state index < -0.39 is 23.1 Å². The third-order valence-electron chi connectivity index (χ3n) is 8.12. The molecule has 0 radical (unpaired) electrons. The molecule has 1 amide bonds. The van der Waals surface area contributed by atoms with Crippen molar-refractivity contribution in [3.63, 3.8) is 0 Å². The normalized spacial score (nSPS) is 18.4. The van der Waals surface area contributed by atoms with Gasteiger partial charge in [0.05, 0.1) is 48.8 Å². The average molecular weight is 691 g/mol. The highest BCUT2D eigenvalue weighted by Crippen LogP contribution is 2.46. The molecule has 9 nitrogen and oxygen atoms in total. The number of carbonyl (C=O) groups excluding carboxylic acids is 1. The molecular weight excluding hydrogens is 663 g/mol. The summed E-state index contributed by atoms with van der Waals surface area (Å²) in [6, 6.07) is 3.01. The number of amides is 1. The van der Waals surface area contributed by atoms with Crippen molar-refractivity contribution in [2.24, 2.45) is 16.8 Å². The molecule has 2 aliphatic heterocycles. The van der Waals surface area contributed by atoms with Gasteiger partial charge in [0.25, 0.3) is 5.56 Å². The first-order chi connectivity index (χ1) is 21.3. The molecule has 2 atom stereocenters. The summed E-state index contributed by atoms with van der Waals surface area (Å²) in [5.74, 6) is -1.50. The molecular formula is C31H28Cl4FN7O2. The van der Waals surface area contributed by atoms with Gasteiger partial charge in [-0.1, -0.05) is 79.8 Å². The lowest BCUT2D eigenvalue weighted by Gasteiger charge is -2.37. The van der Waals surface area contributed by atoms with Gasteiger partial charge < -0.3 is 15.5 Å². The van der Waals surface area contributed by atoms with E-state index in [0.29, 0.717) is 43.0 Å². The Kier molecular flexibility index (Phi) is 9.20. The molecule has 14 heteroatoms. The second-order valence-corrected chi connectivity index (χ2v) is 12.7. The maximum Gasteiger partial charge on any atom is 0.272 e. The Morgan fingerprint density at radius 3 is 2.44 bits per heavy atom. The number of anilines is 2. The number of aliphatic imine (C=N–C) groups is 1. The van der Waals surface area contributed by atoms with E-state index in [1.807, 2.05) is 31.7 Å². The van der Waals surface area contributed by atoms with Crippen molar-refractivity contribution < 1.29 is 9.18 Å². The van der Waals surface area contributed by atoms with Crippen molar-refractivity contribution in [1.82, 2.24) is 14.5 Å². The molecule has 2 aromatic heterocycles. The number of nitrogens with two attached hydrogens (primary N) is 1. The SMILES string of the molecule is C=CC(=O)N1CCN(c2c(C#N)c(=O)n(C3C(C(C)C)=NC=C[C@H]3C)c3nc(-c4c(F)c(N)c(Cl)c(Cl)c4Cl)c(Cl)cc23)CC1. The van der Waals surface area contributed by atoms with Crippen LogP contribution < -0.4 is 16.2 Å². The van der Waals surface area contributed by atoms with Crippen LogP contribution in [-0.4, -0.2) is 52.2 Å². The zero-order valence-corrected chi connectivity index (χ0v) is 27.6. The number of aromatic nitrogens is 2. The number of nitrogen functional groups attached to an aromatic ring is 1. The number of nitriles is 1. The lowest BCUT2D eigenvalue weighted by molar-refractivity contribution is -0.126. The van der Waals surface area contributed by atoms with E-state index >= 15 is 4.39 Å². The van der Waals surface area contributed by atoms with Crippen LogP contribution >= 0.6 is 46.4 Å². The molecule has 0 saturated carbocycles. The lowest BCUT2D eigenvalue weighted by Crippen LogP contribution is -2.49. The Balaban J connectivity index is 1.88. The second kappa shape index (κ2) is 12.6. The predicted octanol–water partition coefficient (Wildman–Crippen LogP) is 6.91. The fourth-order valence-corrected chi connectivity index (χ4v) is 6.80. The number of carbonyl (C=O) groups is 1. The van der Waals surface area contributed by atoms with Crippen LogP contribution in [0.25, 0.3) is 22.3 Å². The minimum absolute atomic E-state index is 0.0359. The Hall–Kier alpha value is -3.62. The monoisotopic (exact) mass is 689 g/mol. The van der Waals surface area contributed by atoms with Crippen molar-refractivity contribution >= 4 is 80.4 Å². The van der Waals surface area contributed by atoms with Gasteiger partial charge >= 0.3 is 0 Å². The first kappa shape index (κ1) is 32.8. The van der Waals surface area contributed by atoms with Crippen LogP contribution in [0.3, 0.4) is 0 Å². The number of piperazine rings is 1. The van der Waals surface area contributed by atoms with E-state index in [1.165, 1.54) is 16.7 Å². The van der Waals surface area contributed by atoms with Crippen molar-refractivity contribution in [2.75, 3.05) is 36.8 Å². The smallest absolute Gasteiger partial charge is 0.272 e. The zero-order chi connectivity index (χ0) is 32.9. The third kappa shape index (κ3) is 5.46. The molecule has 3 aromatic rings. The molecule has 0 aliphatic carbocycles. The van der Waals surface area contributed by atoms with Crippen LogP contribution in [0, 0.1) is 29.0 Å². The highest BCUT2D eigenvalue weighted by atomic mass is 35.5. The number of nitrogens with zero attached hydrogens (tertiary/aromatic N) is 6. The molecule has 1 fully saturated rings. The van der Waals surface area contributed by atoms with Gasteiger partial charge in [0, 0.05) is 49.4 Å². The Labute approximate surface area is 278 Å². The van der Waals surface area contributed by atoms with Crippen LogP contribution in [0.5, 0.6) is 0 Å². The fourth-order valence-electron chi connectivity index (χ4n) is 5.87. The predicted molar refractivity (Wildman–Crippen MR) is 179 cm³/mol. The van der Waals surface area contributed by atoms with Crippen LogP contribution in [0.1, 0.15) is 32.4 Å². The molecule has 1 unspecified atom stereocenters. The third-order valence-corrected chi connectivity index (χ3v) is 9.75. The maximum atomic E-state index is 15.7. The molecule has 1 saturated heterocycles. The summed E-state index contributed by atoms with van der Waals surface area (Å²) in [6.07, 6.45) is 4.79. The van der Waals surface area contributed by atoms with Gasteiger partial charge in [-0.3, -0.25) is 19.1 Å². The molecule has 234 valence electrons. The van der Waals surface area contributed by atoms with Crippen LogP contribution in [0.4, 0.5) is 15.8 Å². The number of hydrogen-bond donors (Lipinski definition) is 1. The second-order valence-electron chi connectivity index (χ2n) is 11.1. The highest BCUT2D eigenvalue weighted by Gasteiger charge is 2.35. The van der Waals surface area contributed by atoms with Gasteiger partial charge in [-0.05, 0) is 18.1 Å². The summed E-state index contributed by atoms with van der Waals surface area (Å²) in [6.45, 7) is 10.7. The number of halogens is 5. The number of allylic oxidation sites excluding steroid dienone is 1. The Morgan fingerprint density at radius 2 is 1.84 bits per heavy atom. The number of hydrogen-bond acceptors (Lipinski definition) is 7. The molecule has 0 spiro atoms. The largest absolute Gasteiger partial charge is 0.395 e. The average Bonchev–Trinajstić information content (AvgIpc) is 3.02. The first-order valence-corrected chi connectivity index (χ1v) is 15.6. The molecule has 4 heterocycles. The van der Waals surface area contributed by atoms with E-state index in [-0.39, 0.29) is 60.3 Å². The summed E-state index contributed by atoms with van der Waals surface area (Å²) in [5.41, 5.74) is 5.47. The Bertz CT molecular complexity index is 1900. The molecule has 5 rings (SSSR count). The van der Waals surface area contributed by atoms with Crippen LogP contribution in [0.15, 0.2) is 40.8 Å². The number of pyridine rings is 2. The molecule has 1 aromatic carbocycles. The van der Waals surface area contributed by atoms with Gasteiger partial charge in [-0.2, -0.15) is 5.26 Å². The minimum atomic E-state index is -0.979. The molecule has 2 N–H and O–H groups in total. The van der Waals surface area contributed by atoms with Gasteiger partial charge in [0.15, 0.2) is 5.82 Å². The Morgan fingerprint density at radius 1 is 1.18 bits per heavy atom. The van der Waals surface area contributed by atoms with Crippen molar-refractivity contribution in [1.29, 1.82) is 5.26 Å². The molecule has 0 bridgehead atoms. The van der Waals surface area contributed by atoms with Gasteiger partial charge in [0.1, 0.15) is 17.3 Å². The number of fused-ring (bicyclic) bond motifs is 1. The van der Waals surface area contributed by atoms with Crippen LogP contribution in [0.2, 0.25) is 20.1 Å².